The van der Waals surface area contributed by atoms with Gasteiger partial charge in [-0.1, -0.05) is 32.6 Å². The highest BCUT2D eigenvalue weighted by atomic mass is 16.5. The minimum Gasteiger partial charge on any atom is -0.379 e. The summed E-state index contributed by atoms with van der Waals surface area (Å²) in [5, 5.41) is 4.57. The van der Waals surface area contributed by atoms with Crippen LogP contribution in [0.15, 0.2) is 4.79 Å². The first-order valence-electron chi connectivity index (χ1n) is 11.7. The third kappa shape index (κ3) is 4.86. The van der Waals surface area contributed by atoms with Gasteiger partial charge in [0.25, 0.3) is 5.56 Å². The SMILES string of the molecule is CCCc1nn(C)c2c(=O)[nH]c(N(CCN3CCOCC3)CC3CCCCC3)nc12. The maximum atomic E-state index is 12.9. The summed E-state index contributed by atoms with van der Waals surface area (Å²) in [4.78, 5) is 25.7. The lowest BCUT2D eigenvalue weighted by Crippen LogP contribution is -2.43. The Labute approximate surface area is 178 Å². The van der Waals surface area contributed by atoms with Crippen molar-refractivity contribution in [3.8, 4) is 0 Å². The van der Waals surface area contributed by atoms with E-state index in [1.165, 1.54) is 32.1 Å². The van der Waals surface area contributed by atoms with Crippen molar-refractivity contribution in [3.63, 3.8) is 0 Å². The molecule has 2 aliphatic rings. The molecule has 1 aliphatic carbocycles. The maximum absolute atomic E-state index is 12.9. The van der Waals surface area contributed by atoms with Gasteiger partial charge in [-0.3, -0.25) is 19.4 Å². The van der Waals surface area contributed by atoms with Gasteiger partial charge in [0.05, 0.1) is 18.9 Å². The van der Waals surface area contributed by atoms with E-state index in [9.17, 15) is 4.79 Å². The van der Waals surface area contributed by atoms with Crippen molar-refractivity contribution in [1.29, 1.82) is 0 Å². The van der Waals surface area contributed by atoms with E-state index in [0.29, 0.717) is 17.4 Å². The Balaban J connectivity index is 1.61. The van der Waals surface area contributed by atoms with Crippen molar-refractivity contribution in [3.05, 3.63) is 16.0 Å². The number of aromatic nitrogens is 4. The van der Waals surface area contributed by atoms with Crippen LogP contribution in [0.5, 0.6) is 0 Å². The molecule has 8 nitrogen and oxygen atoms in total. The van der Waals surface area contributed by atoms with Gasteiger partial charge < -0.3 is 9.64 Å². The van der Waals surface area contributed by atoms with Crippen LogP contribution in [-0.2, 0) is 18.2 Å². The molecule has 2 fully saturated rings. The minimum absolute atomic E-state index is 0.0904. The highest BCUT2D eigenvalue weighted by molar-refractivity contribution is 5.77. The number of nitrogens with one attached hydrogen (secondary N) is 1. The molecule has 4 rings (SSSR count). The fraction of sp³-hybridized carbons (Fsp3) is 0.773. The molecular formula is C22H36N6O2. The molecule has 1 aliphatic heterocycles. The predicted octanol–water partition coefficient (Wildman–Crippen LogP) is 2.33. The number of ether oxygens (including phenoxy) is 1. The van der Waals surface area contributed by atoms with Crippen LogP contribution in [0.2, 0.25) is 0 Å². The number of hydrogen-bond donors (Lipinski definition) is 1. The van der Waals surface area contributed by atoms with E-state index < -0.39 is 0 Å². The van der Waals surface area contributed by atoms with Crippen LogP contribution in [0, 0.1) is 5.92 Å². The Morgan fingerprint density at radius 2 is 1.97 bits per heavy atom. The van der Waals surface area contributed by atoms with Crippen molar-refractivity contribution < 1.29 is 4.74 Å². The number of aromatic amines is 1. The summed E-state index contributed by atoms with van der Waals surface area (Å²) in [5.41, 5.74) is 2.17. The van der Waals surface area contributed by atoms with Crippen LogP contribution in [0.4, 0.5) is 5.95 Å². The molecule has 1 saturated heterocycles. The Kier molecular flexibility index (Phi) is 7.04. The quantitative estimate of drug-likeness (QED) is 0.712. The first-order valence-corrected chi connectivity index (χ1v) is 11.7. The number of morpholine rings is 1. The van der Waals surface area contributed by atoms with Gasteiger partial charge in [-0.2, -0.15) is 5.10 Å². The standard InChI is InChI=1S/C22H36N6O2/c1-3-7-18-19-20(26(2)25-18)21(29)24-22(23-19)28(16-17-8-5-4-6-9-17)11-10-27-12-14-30-15-13-27/h17H,3-16H2,1-2H3,(H,23,24,29). The largest absolute Gasteiger partial charge is 0.379 e. The molecule has 0 amide bonds. The van der Waals surface area contributed by atoms with Crippen molar-refractivity contribution in [2.24, 2.45) is 13.0 Å². The van der Waals surface area contributed by atoms with E-state index >= 15 is 0 Å². The number of H-pyrrole nitrogens is 1. The number of fused-ring (bicyclic) bond motifs is 1. The molecule has 3 heterocycles. The van der Waals surface area contributed by atoms with Gasteiger partial charge in [-0.05, 0) is 25.2 Å². The lowest BCUT2D eigenvalue weighted by Gasteiger charge is -2.33. The Morgan fingerprint density at radius 1 is 1.20 bits per heavy atom. The van der Waals surface area contributed by atoms with Crippen molar-refractivity contribution >= 4 is 17.0 Å². The molecule has 0 spiro atoms. The van der Waals surface area contributed by atoms with Crippen LogP contribution in [-0.4, -0.2) is 70.6 Å². The van der Waals surface area contributed by atoms with Gasteiger partial charge in [-0.25, -0.2) is 4.98 Å². The molecule has 0 unspecified atom stereocenters. The van der Waals surface area contributed by atoms with Gasteiger partial charge in [-0.15, -0.1) is 0 Å². The van der Waals surface area contributed by atoms with Gasteiger partial charge >= 0.3 is 0 Å². The van der Waals surface area contributed by atoms with Gasteiger partial charge in [0, 0.05) is 39.8 Å². The monoisotopic (exact) mass is 416 g/mol. The van der Waals surface area contributed by atoms with Gasteiger partial charge in [0.1, 0.15) is 5.52 Å². The Morgan fingerprint density at radius 3 is 2.70 bits per heavy atom. The van der Waals surface area contributed by atoms with Crippen LogP contribution < -0.4 is 10.5 Å². The molecule has 2 aromatic rings. The van der Waals surface area contributed by atoms with E-state index in [1.807, 2.05) is 7.05 Å². The molecule has 1 N–H and O–H groups in total. The lowest BCUT2D eigenvalue weighted by atomic mass is 9.89. The average Bonchev–Trinajstić information content (AvgIpc) is 3.08. The molecule has 30 heavy (non-hydrogen) atoms. The Bertz CT molecular complexity index is 880. The molecule has 8 heteroatoms. The molecule has 0 atom stereocenters. The van der Waals surface area contributed by atoms with E-state index in [1.54, 1.807) is 4.68 Å². The van der Waals surface area contributed by atoms with E-state index in [0.717, 1.165) is 70.0 Å². The minimum atomic E-state index is -0.0904. The fourth-order valence-electron chi connectivity index (χ4n) is 4.84. The van der Waals surface area contributed by atoms with E-state index in [2.05, 4.69) is 26.8 Å². The number of rotatable bonds is 8. The second-order valence-electron chi connectivity index (χ2n) is 8.81. The topological polar surface area (TPSA) is 79.3 Å². The number of aryl methyl sites for hydroxylation is 2. The molecular weight excluding hydrogens is 380 g/mol. The zero-order valence-electron chi connectivity index (χ0n) is 18.5. The highest BCUT2D eigenvalue weighted by Gasteiger charge is 2.22. The summed E-state index contributed by atoms with van der Waals surface area (Å²) in [7, 11) is 1.83. The van der Waals surface area contributed by atoms with E-state index in [-0.39, 0.29) is 5.56 Å². The molecule has 0 aromatic carbocycles. The average molecular weight is 417 g/mol. The third-order valence-corrected chi connectivity index (χ3v) is 6.53. The van der Waals surface area contributed by atoms with Crippen LogP contribution in [0.1, 0.15) is 51.1 Å². The first-order chi connectivity index (χ1) is 14.7. The molecule has 2 aromatic heterocycles. The third-order valence-electron chi connectivity index (χ3n) is 6.53. The molecule has 1 saturated carbocycles. The number of nitrogens with zero attached hydrogens (tertiary/aromatic N) is 5. The van der Waals surface area contributed by atoms with Gasteiger partial charge in [0.2, 0.25) is 5.95 Å². The summed E-state index contributed by atoms with van der Waals surface area (Å²) in [6.07, 6.45) is 8.34. The van der Waals surface area contributed by atoms with Crippen LogP contribution in [0.25, 0.3) is 11.0 Å². The van der Waals surface area contributed by atoms with Gasteiger partial charge in [0.15, 0.2) is 5.52 Å². The normalized spacial score (nSPS) is 18.9. The van der Waals surface area contributed by atoms with Crippen molar-refractivity contribution in [2.75, 3.05) is 50.8 Å². The maximum Gasteiger partial charge on any atom is 0.278 e. The summed E-state index contributed by atoms with van der Waals surface area (Å²) in [6, 6.07) is 0. The molecule has 0 bridgehead atoms. The zero-order chi connectivity index (χ0) is 20.9. The Hall–Kier alpha value is -1.93. The summed E-state index contributed by atoms with van der Waals surface area (Å²) < 4.78 is 7.17. The summed E-state index contributed by atoms with van der Waals surface area (Å²) in [6.45, 7) is 8.49. The summed E-state index contributed by atoms with van der Waals surface area (Å²) >= 11 is 0. The second-order valence-corrected chi connectivity index (χ2v) is 8.81. The first kappa shape index (κ1) is 21.3. The predicted molar refractivity (Wildman–Crippen MR) is 119 cm³/mol. The van der Waals surface area contributed by atoms with Crippen LogP contribution >= 0.6 is 0 Å². The highest BCUT2D eigenvalue weighted by Crippen LogP contribution is 2.26. The summed E-state index contributed by atoms with van der Waals surface area (Å²) in [5.74, 6) is 1.38. The van der Waals surface area contributed by atoms with E-state index in [4.69, 9.17) is 9.72 Å². The lowest BCUT2D eigenvalue weighted by molar-refractivity contribution is 0.0390. The second kappa shape index (κ2) is 9.92. The van der Waals surface area contributed by atoms with Crippen LogP contribution in [0.3, 0.4) is 0 Å². The smallest absolute Gasteiger partial charge is 0.278 e. The fourth-order valence-corrected chi connectivity index (χ4v) is 4.84. The van der Waals surface area contributed by atoms with Crippen molar-refractivity contribution in [2.45, 2.75) is 51.9 Å². The van der Waals surface area contributed by atoms with Crippen molar-refractivity contribution in [1.82, 2.24) is 24.6 Å². The molecule has 0 radical (unpaired) electrons. The zero-order valence-corrected chi connectivity index (χ0v) is 18.5. The number of hydrogen-bond acceptors (Lipinski definition) is 6. The molecule has 166 valence electrons. The number of anilines is 1.